The number of nitrogens with two attached hydrogens (primary N) is 1. The largest absolute Gasteiger partial charge is 0.349 e. The topological polar surface area (TPSA) is 72.9 Å². The van der Waals surface area contributed by atoms with Crippen LogP contribution in [0.2, 0.25) is 0 Å². The number of carbonyl (C=O) groups is 1. The minimum absolute atomic E-state index is 0.102. The molecule has 1 rings (SSSR count). The summed E-state index contributed by atoms with van der Waals surface area (Å²) in [6.07, 6.45) is 2.41. The molecule has 0 unspecified atom stereocenters. The van der Waals surface area contributed by atoms with Gasteiger partial charge in [0.05, 0.1) is 18.3 Å². The van der Waals surface area contributed by atoms with E-state index in [-0.39, 0.29) is 5.91 Å². The number of hydrogen-bond acceptors (Lipinski definition) is 3. The Labute approximate surface area is 96.0 Å². The zero-order valence-electron chi connectivity index (χ0n) is 10.1. The molecule has 0 spiro atoms. The van der Waals surface area contributed by atoms with E-state index >= 15 is 0 Å². The molecule has 3 N–H and O–H groups in total. The van der Waals surface area contributed by atoms with Crippen molar-refractivity contribution in [1.82, 2.24) is 15.1 Å². The molecule has 1 amide bonds. The van der Waals surface area contributed by atoms with Gasteiger partial charge in [0.15, 0.2) is 0 Å². The molecule has 1 heterocycles. The van der Waals surface area contributed by atoms with Crippen molar-refractivity contribution in [3.8, 4) is 0 Å². The van der Waals surface area contributed by atoms with Crippen molar-refractivity contribution in [2.75, 3.05) is 0 Å². The first kappa shape index (κ1) is 12.7. The number of aryl methyl sites for hydroxylation is 1. The van der Waals surface area contributed by atoms with Crippen LogP contribution in [0.15, 0.2) is 12.3 Å². The molecule has 1 aromatic heterocycles. The molecule has 0 aliphatic heterocycles. The van der Waals surface area contributed by atoms with Crippen LogP contribution in [-0.4, -0.2) is 21.7 Å². The van der Waals surface area contributed by atoms with Crippen molar-refractivity contribution in [2.24, 2.45) is 18.7 Å². The van der Waals surface area contributed by atoms with Crippen molar-refractivity contribution in [1.29, 1.82) is 0 Å². The summed E-state index contributed by atoms with van der Waals surface area (Å²) in [5, 5.41) is 6.83. The van der Waals surface area contributed by atoms with Crippen molar-refractivity contribution >= 4 is 5.91 Å². The number of nitrogens with one attached hydrogen (secondary N) is 1. The summed E-state index contributed by atoms with van der Waals surface area (Å²) in [7, 11) is 1.84. The Morgan fingerprint density at radius 1 is 1.62 bits per heavy atom. The van der Waals surface area contributed by atoms with E-state index in [9.17, 15) is 4.79 Å². The van der Waals surface area contributed by atoms with Gasteiger partial charge in [-0.3, -0.25) is 9.48 Å². The summed E-state index contributed by atoms with van der Waals surface area (Å²) in [6, 6.07) is 1.45. The van der Waals surface area contributed by atoms with E-state index < -0.39 is 6.04 Å². The Morgan fingerprint density at radius 3 is 2.81 bits per heavy atom. The molecule has 16 heavy (non-hydrogen) atoms. The number of aromatic nitrogens is 2. The smallest absolute Gasteiger partial charge is 0.237 e. The Kier molecular flexibility index (Phi) is 4.49. The molecule has 90 valence electrons. The second-order valence-electron chi connectivity index (χ2n) is 4.40. The van der Waals surface area contributed by atoms with Crippen LogP contribution in [0.25, 0.3) is 0 Å². The molecule has 0 saturated carbocycles. The van der Waals surface area contributed by atoms with Gasteiger partial charge < -0.3 is 11.1 Å². The van der Waals surface area contributed by atoms with Crippen LogP contribution in [0, 0.1) is 5.92 Å². The maximum absolute atomic E-state index is 11.6. The maximum atomic E-state index is 11.6. The predicted molar refractivity (Wildman–Crippen MR) is 62.5 cm³/mol. The van der Waals surface area contributed by atoms with Gasteiger partial charge >= 0.3 is 0 Å². The summed E-state index contributed by atoms with van der Waals surface area (Å²) in [4.78, 5) is 11.6. The Balaban J connectivity index is 2.38. The van der Waals surface area contributed by atoms with Crippen LogP contribution in [0.3, 0.4) is 0 Å². The van der Waals surface area contributed by atoms with Gasteiger partial charge in [-0.25, -0.2) is 0 Å². The van der Waals surface area contributed by atoms with E-state index in [1.54, 1.807) is 10.9 Å². The standard InChI is InChI=1S/C11H20N4O/c1-8(2)6-10(12)11(16)13-7-9-4-5-14-15(9)3/h4-5,8,10H,6-7,12H2,1-3H3,(H,13,16)/t10-/m0/s1. The van der Waals surface area contributed by atoms with E-state index in [2.05, 4.69) is 10.4 Å². The van der Waals surface area contributed by atoms with Crippen molar-refractivity contribution in [3.63, 3.8) is 0 Å². The molecule has 1 atom stereocenters. The van der Waals surface area contributed by atoms with Gasteiger partial charge in [-0.2, -0.15) is 5.10 Å². The third-order valence-electron chi connectivity index (χ3n) is 2.43. The summed E-state index contributed by atoms with van der Waals surface area (Å²) < 4.78 is 1.73. The molecule has 0 fully saturated rings. The van der Waals surface area contributed by atoms with Crippen LogP contribution < -0.4 is 11.1 Å². The molecule has 0 aliphatic carbocycles. The lowest BCUT2D eigenvalue weighted by Crippen LogP contribution is -2.41. The van der Waals surface area contributed by atoms with Crippen LogP contribution >= 0.6 is 0 Å². The molecule has 0 aliphatic rings. The zero-order valence-corrected chi connectivity index (χ0v) is 10.1. The fraction of sp³-hybridized carbons (Fsp3) is 0.636. The number of amides is 1. The average Bonchev–Trinajstić information content (AvgIpc) is 2.59. The first-order valence-electron chi connectivity index (χ1n) is 5.51. The van der Waals surface area contributed by atoms with Crippen molar-refractivity contribution in [2.45, 2.75) is 32.9 Å². The molecule has 5 nitrogen and oxygen atoms in total. The Morgan fingerprint density at radius 2 is 2.31 bits per heavy atom. The fourth-order valence-corrected chi connectivity index (χ4v) is 1.50. The fourth-order valence-electron chi connectivity index (χ4n) is 1.50. The zero-order chi connectivity index (χ0) is 12.1. The summed E-state index contributed by atoms with van der Waals surface area (Å²) in [6.45, 7) is 4.57. The van der Waals surface area contributed by atoms with Gasteiger partial charge in [-0.05, 0) is 18.4 Å². The van der Waals surface area contributed by atoms with E-state index in [1.807, 2.05) is 27.0 Å². The number of hydrogen-bond donors (Lipinski definition) is 2. The minimum Gasteiger partial charge on any atom is -0.349 e. The molecule has 0 saturated heterocycles. The second-order valence-corrected chi connectivity index (χ2v) is 4.40. The Bertz CT molecular complexity index is 346. The van der Waals surface area contributed by atoms with Crippen molar-refractivity contribution in [3.05, 3.63) is 18.0 Å². The van der Waals surface area contributed by atoms with Gasteiger partial charge in [0, 0.05) is 13.2 Å². The number of nitrogens with zero attached hydrogens (tertiary/aromatic N) is 2. The van der Waals surface area contributed by atoms with Crippen LogP contribution in [0.5, 0.6) is 0 Å². The predicted octanol–water partition coefficient (Wildman–Crippen LogP) is 0.410. The molecule has 5 heteroatoms. The molecule has 0 radical (unpaired) electrons. The molecular formula is C11H20N4O. The van der Waals surface area contributed by atoms with Crippen molar-refractivity contribution < 1.29 is 4.79 Å². The maximum Gasteiger partial charge on any atom is 0.237 e. The van der Waals surface area contributed by atoms with Gasteiger partial charge in [0.2, 0.25) is 5.91 Å². The highest BCUT2D eigenvalue weighted by Crippen LogP contribution is 2.03. The summed E-state index contributed by atoms with van der Waals surface area (Å²) in [5.74, 6) is 0.326. The summed E-state index contributed by atoms with van der Waals surface area (Å²) >= 11 is 0. The number of rotatable bonds is 5. The highest BCUT2D eigenvalue weighted by atomic mass is 16.2. The summed E-state index contributed by atoms with van der Waals surface area (Å²) in [5.41, 5.74) is 6.72. The first-order valence-corrected chi connectivity index (χ1v) is 5.51. The van der Waals surface area contributed by atoms with Gasteiger partial charge in [0.1, 0.15) is 0 Å². The van der Waals surface area contributed by atoms with E-state index in [0.29, 0.717) is 18.9 Å². The Hall–Kier alpha value is -1.36. The lowest BCUT2D eigenvalue weighted by atomic mass is 10.0. The van der Waals surface area contributed by atoms with Crippen LogP contribution in [-0.2, 0) is 18.4 Å². The third kappa shape index (κ3) is 3.66. The quantitative estimate of drug-likeness (QED) is 0.761. The van der Waals surface area contributed by atoms with E-state index in [1.165, 1.54) is 0 Å². The third-order valence-corrected chi connectivity index (χ3v) is 2.43. The molecule has 0 aromatic carbocycles. The second kappa shape index (κ2) is 5.65. The van der Waals surface area contributed by atoms with Gasteiger partial charge in [0.25, 0.3) is 0 Å². The van der Waals surface area contributed by atoms with E-state index in [4.69, 9.17) is 5.73 Å². The van der Waals surface area contributed by atoms with Gasteiger partial charge in [-0.1, -0.05) is 13.8 Å². The minimum atomic E-state index is -0.423. The molecule has 0 bridgehead atoms. The lowest BCUT2D eigenvalue weighted by molar-refractivity contribution is -0.122. The SMILES string of the molecule is CC(C)C[C@H](N)C(=O)NCc1ccnn1C. The van der Waals surface area contributed by atoms with Crippen LogP contribution in [0.1, 0.15) is 26.0 Å². The highest BCUT2D eigenvalue weighted by molar-refractivity contribution is 5.81. The number of carbonyl (C=O) groups excluding carboxylic acids is 1. The normalized spacial score (nSPS) is 12.8. The first-order chi connectivity index (χ1) is 7.50. The molecular weight excluding hydrogens is 204 g/mol. The van der Waals surface area contributed by atoms with E-state index in [0.717, 1.165) is 5.69 Å². The molecule has 1 aromatic rings. The average molecular weight is 224 g/mol. The monoisotopic (exact) mass is 224 g/mol. The van der Waals surface area contributed by atoms with Gasteiger partial charge in [-0.15, -0.1) is 0 Å². The lowest BCUT2D eigenvalue weighted by Gasteiger charge is -2.14. The van der Waals surface area contributed by atoms with Crippen LogP contribution in [0.4, 0.5) is 0 Å². The highest BCUT2D eigenvalue weighted by Gasteiger charge is 2.14.